The van der Waals surface area contributed by atoms with E-state index in [9.17, 15) is 4.79 Å². The van der Waals surface area contributed by atoms with E-state index in [1.165, 1.54) is 10.2 Å². The van der Waals surface area contributed by atoms with Crippen molar-refractivity contribution in [3.63, 3.8) is 0 Å². The van der Waals surface area contributed by atoms with Gasteiger partial charge in [0.15, 0.2) is 6.10 Å². The first kappa shape index (κ1) is 13.8. The molecule has 0 saturated carbocycles. The van der Waals surface area contributed by atoms with E-state index in [1.54, 1.807) is 19.3 Å². The first-order chi connectivity index (χ1) is 9.10. The largest absolute Gasteiger partial charge is 0.481 e. The standard InChI is InChI=1S/C14H15BrN2O2/c1-3-11-4-6-13(7-5-11)19-10(2)14(18)17-9-12(15)8-16-17/h4-10H,3H2,1-2H3. The molecule has 0 amide bonds. The number of aryl methyl sites for hydroxylation is 1. The summed E-state index contributed by atoms with van der Waals surface area (Å²) in [7, 11) is 0. The van der Waals surface area contributed by atoms with Crippen LogP contribution in [-0.2, 0) is 6.42 Å². The van der Waals surface area contributed by atoms with Crippen LogP contribution in [0.5, 0.6) is 5.75 Å². The van der Waals surface area contributed by atoms with Gasteiger partial charge in [-0.05, 0) is 47.0 Å². The van der Waals surface area contributed by atoms with Gasteiger partial charge >= 0.3 is 0 Å². The van der Waals surface area contributed by atoms with Crippen molar-refractivity contribution in [1.29, 1.82) is 0 Å². The Balaban J connectivity index is 2.03. The van der Waals surface area contributed by atoms with Gasteiger partial charge in [-0.3, -0.25) is 4.79 Å². The van der Waals surface area contributed by atoms with E-state index in [2.05, 4.69) is 28.0 Å². The Morgan fingerprint density at radius 3 is 2.63 bits per heavy atom. The van der Waals surface area contributed by atoms with Gasteiger partial charge in [-0.2, -0.15) is 5.10 Å². The lowest BCUT2D eigenvalue weighted by Crippen LogP contribution is -2.29. The van der Waals surface area contributed by atoms with Gasteiger partial charge in [-0.15, -0.1) is 0 Å². The molecule has 2 aromatic rings. The van der Waals surface area contributed by atoms with Gasteiger partial charge in [0.1, 0.15) is 5.75 Å². The second-order valence-corrected chi connectivity index (χ2v) is 5.11. The zero-order chi connectivity index (χ0) is 13.8. The Morgan fingerprint density at radius 1 is 1.42 bits per heavy atom. The molecule has 1 aromatic carbocycles. The van der Waals surface area contributed by atoms with Crippen LogP contribution in [-0.4, -0.2) is 21.8 Å². The number of nitrogens with zero attached hydrogens (tertiary/aromatic N) is 2. The Morgan fingerprint density at radius 2 is 2.11 bits per heavy atom. The number of rotatable bonds is 4. The van der Waals surface area contributed by atoms with E-state index < -0.39 is 6.10 Å². The third kappa shape index (κ3) is 3.44. The van der Waals surface area contributed by atoms with Crippen molar-refractivity contribution in [3.05, 3.63) is 46.7 Å². The van der Waals surface area contributed by atoms with Crippen LogP contribution in [0.1, 0.15) is 24.2 Å². The monoisotopic (exact) mass is 322 g/mol. The molecule has 2 rings (SSSR count). The number of ether oxygens (including phenoxy) is 1. The molecule has 0 N–H and O–H groups in total. The molecule has 0 spiro atoms. The molecule has 19 heavy (non-hydrogen) atoms. The van der Waals surface area contributed by atoms with Crippen molar-refractivity contribution in [1.82, 2.24) is 9.78 Å². The lowest BCUT2D eigenvalue weighted by atomic mass is 10.2. The van der Waals surface area contributed by atoms with Crippen LogP contribution in [0.15, 0.2) is 41.1 Å². The second kappa shape index (κ2) is 6.02. The number of benzene rings is 1. The minimum atomic E-state index is -0.584. The van der Waals surface area contributed by atoms with Gasteiger partial charge in [0.05, 0.1) is 10.7 Å². The molecule has 4 nitrogen and oxygen atoms in total. The van der Waals surface area contributed by atoms with Crippen LogP contribution in [0, 0.1) is 0 Å². The number of hydrogen-bond donors (Lipinski definition) is 0. The number of halogens is 1. The summed E-state index contributed by atoms with van der Waals surface area (Å²) in [5.41, 5.74) is 1.24. The molecule has 100 valence electrons. The fourth-order valence-corrected chi connectivity index (χ4v) is 1.95. The van der Waals surface area contributed by atoms with Crippen molar-refractivity contribution in [2.45, 2.75) is 26.4 Å². The Hall–Kier alpha value is -1.62. The normalized spacial score (nSPS) is 12.2. The quantitative estimate of drug-likeness (QED) is 0.867. The van der Waals surface area contributed by atoms with E-state index in [0.29, 0.717) is 5.75 Å². The number of carbonyl (C=O) groups is 1. The smallest absolute Gasteiger partial charge is 0.287 e. The minimum Gasteiger partial charge on any atom is -0.481 e. The van der Waals surface area contributed by atoms with E-state index in [-0.39, 0.29) is 5.91 Å². The van der Waals surface area contributed by atoms with Crippen LogP contribution < -0.4 is 4.74 Å². The molecular weight excluding hydrogens is 308 g/mol. The van der Waals surface area contributed by atoms with Crippen LogP contribution in [0.2, 0.25) is 0 Å². The average Bonchev–Trinajstić information content (AvgIpc) is 2.85. The van der Waals surface area contributed by atoms with Crippen molar-refractivity contribution < 1.29 is 9.53 Å². The topological polar surface area (TPSA) is 44.1 Å². The van der Waals surface area contributed by atoms with Gasteiger partial charge in [0, 0.05) is 6.20 Å². The molecule has 0 aliphatic heterocycles. The summed E-state index contributed by atoms with van der Waals surface area (Å²) in [5, 5.41) is 3.95. The lowest BCUT2D eigenvalue weighted by Gasteiger charge is -2.13. The fourth-order valence-electron chi connectivity index (χ4n) is 1.67. The van der Waals surface area contributed by atoms with Crippen molar-refractivity contribution in [3.8, 4) is 5.75 Å². The molecule has 1 aromatic heterocycles. The van der Waals surface area contributed by atoms with Gasteiger partial charge in [0.25, 0.3) is 5.91 Å². The average molecular weight is 323 g/mol. The van der Waals surface area contributed by atoms with Crippen LogP contribution in [0.3, 0.4) is 0 Å². The lowest BCUT2D eigenvalue weighted by molar-refractivity contribution is 0.0710. The maximum Gasteiger partial charge on any atom is 0.287 e. The minimum absolute atomic E-state index is 0.203. The second-order valence-electron chi connectivity index (χ2n) is 4.20. The number of hydrogen-bond acceptors (Lipinski definition) is 3. The molecule has 0 saturated heterocycles. The Bertz CT molecular complexity index is 563. The van der Waals surface area contributed by atoms with E-state index in [1.807, 2.05) is 24.3 Å². The van der Waals surface area contributed by atoms with Crippen LogP contribution in [0.4, 0.5) is 0 Å². The highest BCUT2D eigenvalue weighted by Gasteiger charge is 2.17. The van der Waals surface area contributed by atoms with Gasteiger partial charge in [-0.1, -0.05) is 19.1 Å². The van der Waals surface area contributed by atoms with Gasteiger partial charge in [-0.25, -0.2) is 4.68 Å². The van der Waals surface area contributed by atoms with Crippen molar-refractivity contribution >= 4 is 21.8 Å². The SMILES string of the molecule is CCc1ccc(OC(C)C(=O)n2cc(Br)cn2)cc1. The molecule has 0 aliphatic carbocycles. The van der Waals surface area contributed by atoms with Gasteiger partial charge < -0.3 is 4.74 Å². The zero-order valence-electron chi connectivity index (χ0n) is 10.8. The summed E-state index contributed by atoms with van der Waals surface area (Å²) in [6.07, 6.45) is 3.58. The molecule has 1 heterocycles. The Kier molecular flexibility index (Phi) is 4.37. The third-order valence-electron chi connectivity index (χ3n) is 2.77. The maximum atomic E-state index is 12.0. The molecule has 0 bridgehead atoms. The summed E-state index contributed by atoms with van der Waals surface area (Å²) in [5.74, 6) is 0.481. The predicted molar refractivity (Wildman–Crippen MR) is 76.5 cm³/mol. The van der Waals surface area contributed by atoms with Crippen molar-refractivity contribution in [2.24, 2.45) is 0 Å². The number of aromatic nitrogens is 2. The van der Waals surface area contributed by atoms with Crippen LogP contribution >= 0.6 is 15.9 Å². The van der Waals surface area contributed by atoms with E-state index in [4.69, 9.17) is 4.74 Å². The van der Waals surface area contributed by atoms with Gasteiger partial charge in [0.2, 0.25) is 0 Å². The summed E-state index contributed by atoms with van der Waals surface area (Å²) < 4.78 is 7.65. The Labute approximate surface area is 120 Å². The molecule has 1 unspecified atom stereocenters. The molecule has 1 atom stereocenters. The number of carbonyl (C=O) groups excluding carboxylic acids is 1. The third-order valence-corrected chi connectivity index (χ3v) is 3.18. The van der Waals surface area contributed by atoms with Crippen molar-refractivity contribution in [2.75, 3.05) is 0 Å². The van der Waals surface area contributed by atoms with E-state index in [0.717, 1.165) is 10.9 Å². The van der Waals surface area contributed by atoms with E-state index >= 15 is 0 Å². The van der Waals surface area contributed by atoms with Crippen LogP contribution in [0.25, 0.3) is 0 Å². The maximum absolute atomic E-state index is 12.0. The summed E-state index contributed by atoms with van der Waals surface area (Å²) in [6, 6.07) is 7.75. The predicted octanol–water partition coefficient (Wildman–Crippen LogP) is 3.32. The summed E-state index contributed by atoms with van der Waals surface area (Å²) >= 11 is 3.26. The molecule has 0 radical (unpaired) electrons. The highest BCUT2D eigenvalue weighted by atomic mass is 79.9. The molecule has 0 fully saturated rings. The summed E-state index contributed by atoms with van der Waals surface area (Å²) in [4.78, 5) is 12.0. The highest BCUT2D eigenvalue weighted by molar-refractivity contribution is 9.10. The zero-order valence-corrected chi connectivity index (χ0v) is 12.4. The molecular formula is C14H15BrN2O2. The first-order valence-electron chi connectivity index (χ1n) is 6.10. The molecule has 5 heteroatoms. The first-order valence-corrected chi connectivity index (χ1v) is 6.89. The fraction of sp³-hybridized carbons (Fsp3) is 0.286. The summed E-state index contributed by atoms with van der Waals surface area (Å²) in [6.45, 7) is 3.81. The highest BCUT2D eigenvalue weighted by Crippen LogP contribution is 2.15. The molecule has 0 aliphatic rings.